The smallest absolute Gasteiger partial charge is 0.234 e. The fraction of sp³-hybridized carbons (Fsp3) is 0.500. The van der Waals surface area contributed by atoms with Crippen molar-refractivity contribution in [1.29, 1.82) is 0 Å². The summed E-state index contributed by atoms with van der Waals surface area (Å²) in [6.07, 6.45) is 3.35. The van der Waals surface area contributed by atoms with Crippen molar-refractivity contribution in [3.8, 4) is 0 Å². The van der Waals surface area contributed by atoms with Gasteiger partial charge in [0, 0.05) is 43.2 Å². The van der Waals surface area contributed by atoms with Crippen molar-refractivity contribution in [2.75, 3.05) is 23.3 Å². The van der Waals surface area contributed by atoms with Gasteiger partial charge in [-0.3, -0.25) is 4.79 Å². The zero-order valence-corrected chi connectivity index (χ0v) is 17.4. The summed E-state index contributed by atoms with van der Waals surface area (Å²) in [6, 6.07) is 6.19. The largest absolute Gasteiger partial charge is 0.372 e. The first-order chi connectivity index (χ1) is 13.6. The van der Waals surface area contributed by atoms with E-state index in [1.54, 1.807) is 0 Å². The van der Waals surface area contributed by atoms with Crippen molar-refractivity contribution >= 4 is 33.6 Å². The van der Waals surface area contributed by atoms with E-state index < -0.39 is 0 Å². The van der Waals surface area contributed by atoms with Crippen LogP contribution in [0.15, 0.2) is 18.2 Å². The Morgan fingerprint density at radius 1 is 1.29 bits per heavy atom. The van der Waals surface area contributed by atoms with Gasteiger partial charge in [-0.05, 0) is 57.4 Å². The number of aryl methyl sites for hydroxylation is 2. The van der Waals surface area contributed by atoms with Crippen molar-refractivity contribution in [3.05, 3.63) is 34.6 Å². The summed E-state index contributed by atoms with van der Waals surface area (Å²) < 4.78 is 1.85. The van der Waals surface area contributed by atoms with Crippen LogP contribution in [0.3, 0.4) is 0 Å². The molecule has 1 aromatic carbocycles. The van der Waals surface area contributed by atoms with Gasteiger partial charge in [0.05, 0.1) is 0 Å². The second-order valence-corrected chi connectivity index (χ2v) is 8.28. The molecule has 1 aliphatic rings. The van der Waals surface area contributed by atoms with Gasteiger partial charge in [-0.1, -0.05) is 11.3 Å². The molecule has 1 amide bonds. The Morgan fingerprint density at radius 2 is 2.07 bits per heavy atom. The Labute approximate surface area is 168 Å². The van der Waals surface area contributed by atoms with E-state index in [4.69, 9.17) is 0 Å². The van der Waals surface area contributed by atoms with Gasteiger partial charge in [-0.2, -0.15) is 9.61 Å². The monoisotopic (exact) mass is 398 g/mol. The molecule has 28 heavy (non-hydrogen) atoms. The zero-order chi connectivity index (χ0) is 19.7. The minimum atomic E-state index is 0.00655. The van der Waals surface area contributed by atoms with Crippen LogP contribution >= 0.6 is 11.3 Å². The molecule has 3 aromatic rings. The molecule has 8 heteroatoms. The maximum Gasteiger partial charge on any atom is 0.234 e. The van der Waals surface area contributed by atoms with E-state index in [0.717, 1.165) is 40.1 Å². The lowest BCUT2D eigenvalue weighted by molar-refractivity contribution is -0.116. The van der Waals surface area contributed by atoms with Crippen LogP contribution in [0.2, 0.25) is 0 Å². The molecule has 0 atom stereocenters. The highest BCUT2D eigenvalue weighted by molar-refractivity contribution is 7.16. The van der Waals surface area contributed by atoms with E-state index >= 15 is 0 Å². The number of fused-ring (bicyclic) bond motifs is 1. The maximum absolute atomic E-state index is 12.4. The van der Waals surface area contributed by atoms with Crippen molar-refractivity contribution in [2.45, 2.75) is 52.4 Å². The Kier molecular flexibility index (Phi) is 5.30. The molecule has 1 N–H and O–H groups in total. The van der Waals surface area contributed by atoms with Crippen molar-refractivity contribution < 1.29 is 4.79 Å². The molecule has 0 unspecified atom stereocenters. The van der Waals surface area contributed by atoms with Gasteiger partial charge < -0.3 is 10.2 Å². The van der Waals surface area contributed by atoms with E-state index in [9.17, 15) is 4.79 Å². The van der Waals surface area contributed by atoms with Gasteiger partial charge in [0.25, 0.3) is 0 Å². The number of nitrogens with zero attached hydrogens (tertiary/aromatic N) is 5. The molecule has 0 spiro atoms. The van der Waals surface area contributed by atoms with Crippen LogP contribution in [0.4, 0.5) is 11.4 Å². The van der Waals surface area contributed by atoms with Gasteiger partial charge in [0.2, 0.25) is 10.9 Å². The first-order valence-corrected chi connectivity index (χ1v) is 10.8. The van der Waals surface area contributed by atoms with Gasteiger partial charge in [-0.15, -0.1) is 10.2 Å². The summed E-state index contributed by atoms with van der Waals surface area (Å²) in [5, 5.41) is 17.0. The van der Waals surface area contributed by atoms with Crippen molar-refractivity contribution in [2.24, 2.45) is 0 Å². The number of carbonyl (C=O) groups is 1. The normalized spacial score (nSPS) is 13.8. The SMILES string of the molecule is CCN(CC)c1ccc(NC(=O)CCc2nn3c(C4CC4)nnc3s2)c(C)c1. The number of carbonyl (C=O) groups excluding carboxylic acids is 1. The third-order valence-corrected chi connectivity index (χ3v) is 6.14. The molecule has 148 valence electrons. The first-order valence-electron chi connectivity index (χ1n) is 9.95. The number of amides is 1. The van der Waals surface area contributed by atoms with Gasteiger partial charge >= 0.3 is 0 Å². The Hall–Kier alpha value is -2.48. The fourth-order valence-electron chi connectivity index (χ4n) is 3.38. The van der Waals surface area contributed by atoms with Crippen LogP contribution in [0.25, 0.3) is 4.96 Å². The van der Waals surface area contributed by atoms with Crippen molar-refractivity contribution in [3.63, 3.8) is 0 Å². The van der Waals surface area contributed by atoms with Crippen LogP contribution < -0.4 is 10.2 Å². The molecule has 2 aromatic heterocycles. The van der Waals surface area contributed by atoms with Crippen LogP contribution in [0.1, 0.15) is 55.4 Å². The van der Waals surface area contributed by atoms with Crippen LogP contribution in [0, 0.1) is 6.92 Å². The van der Waals surface area contributed by atoms with E-state index in [1.165, 1.54) is 29.9 Å². The standard InChI is InChI=1S/C20H26N6OS/c1-4-25(5-2)15-8-9-16(13(3)12-15)21-17(27)10-11-18-24-26-19(14-6-7-14)22-23-20(26)28-18/h8-9,12,14H,4-7,10-11H2,1-3H3,(H,21,27). The lowest BCUT2D eigenvalue weighted by Gasteiger charge is -2.22. The van der Waals surface area contributed by atoms with Gasteiger partial charge in [0.15, 0.2) is 5.82 Å². The number of rotatable bonds is 8. The van der Waals surface area contributed by atoms with Gasteiger partial charge in [-0.25, -0.2) is 0 Å². The average molecular weight is 399 g/mol. The number of nitrogens with one attached hydrogen (secondary N) is 1. The Balaban J connectivity index is 1.36. The van der Waals surface area contributed by atoms with Crippen LogP contribution in [0.5, 0.6) is 0 Å². The first kappa shape index (κ1) is 18.9. The minimum absolute atomic E-state index is 0.00655. The summed E-state index contributed by atoms with van der Waals surface area (Å²) in [6.45, 7) is 8.26. The summed E-state index contributed by atoms with van der Waals surface area (Å²) >= 11 is 1.52. The third-order valence-electron chi connectivity index (χ3n) is 5.18. The Morgan fingerprint density at radius 3 is 2.75 bits per heavy atom. The number of benzene rings is 1. The lowest BCUT2D eigenvalue weighted by atomic mass is 10.1. The molecule has 2 heterocycles. The molecule has 0 bridgehead atoms. The van der Waals surface area contributed by atoms with Crippen LogP contribution in [-0.2, 0) is 11.2 Å². The second kappa shape index (κ2) is 7.87. The molecule has 1 fully saturated rings. The van der Waals surface area contributed by atoms with E-state index in [-0.39, 0.29) is 5.91 Å². The molecule has 0 saturated heterocycles. The summed E-state index contributed by atoms with van der Waals surface area (Å²) in [5.41, 5.74) is 3.13. The summed E-state index contributed by atoms with van der Waals surface area (Å²) in [4.78, 5) is 15.5. The maximum atomic E-state index is 12.4. The number of anilines is 2. The summed E-state index contributed by atoms with van der Waals surface area (Å²) in [7, 11) is 0. The average Bonchev–Trinajstić information content (AvgIpc) is 3.32. The van der Waals surface area contributed by atoms with E-state index in [1.807, 2.05) is 17.5 Å². The van der Waals surface area contributed by atoms with Crippen molar-refractivity contribution in [1.82, 2.24) is 19.8 Å². The molecule has 0 aliphatic heterocycles. The van der Waals surface area contributed by atoms with E-state index in [0.29, 0.717) is 18.8 Å². The topological polar surface area (TPSA) is 75.4 Å². The predicted molar refractivity (Wildman–Crippen MR) is 112 cm³/mol. The highest BCUT2D eigenvalue weighted by atomic mass is 32.1. The molecule has 1 saturated carbocycles. The third kappa shape index (κ3) is 3.87. The highest BCUT2D eigenvalue weighted by Gasteiger charge is 2.30. The number of hydrogen-bond acceptors (Lipinski definition) is 6. The zero-order valence-electron chi connectivity index (χ0n) is 16.6. The molecule has 1 aliphatic carbocycles. The lowest BCUT2D eigenvalue weighted by Crippen LogP contribution is -2.22. The Bertz CT molecular complexity index is 986. The molecule has 4 rings (SSSR count). The molecular formula is C20H26N6OS. The van der Waals surface area contributed by atoms with Crippen LogP contribution in [-0.4, -0.2) is 38.8 Å². The minimum Gasteiger partial charge on any atom is -0.372 e. The fourth-order valence-corrected chi connectivity index (χ4v) is 4.22. The summed E-state index contributed by atoms with van der Waals surface area (Å²) in [5.74, 6) is 1.48. The molecule has 7 nitrogen and oxygen atoms in total. The quantitative estimate of drug-likeness (QED) is 0.625. The number of hydrogen-bond donors (Lipinski definition) is 1. The van der Waals surface area contributed by atoms with Gasteiger partial charge in [0.1, 0.15) is 5.01 Å². The predicted octanol–water partition coefficient (Wildman–Crippen LogP) is 3.79. The second-order valence-electron chi connectivity index (χ2n) is 7.24. The molecular weight excluding hydrogens is 372 g/mol. The molecule has 0 radical (unpaired) electrons. The highest BCUT2D eigenvalue weighted by Crippen LogP contribution is 2.39. The van der Waals surface area contributed by atoms with E-state index in [2.05, 4.69) is 51.5 Å². The number of aromatic nitrogens is 4.